The third-order valence-corrected chi connectivity index (χ3v) is 5.73. The van der Waals surface area contributed by atoms with Gasteiger partial charge in [0.2, 0.25) is 5.91 Å². The summed E-state index contributed by atoms with van der Waals surface area (Å²) in [4.78, 5) is 38.8. The Morgan fingerprint density at radius 2 is 1.83 bits per heavy atom. The van der Waals surface area contributed by atoms with E-state index >= 15 is 0 Å². The third kappa shape index (κ3) is 4.81. The lowest BCUT2D eigenvalue weighted by Gasteiger charge is -2.33. The average molecular weight is 415 g/mol. The van der Waals surface area contributed by atoms with E-state index in [2.05, 4.69) is 10.6 Å². The Kier molecular flexibility index (Phi) is 7.10. The fraction of sp³-hybridized carbons (Fsp3) is 0.500. The predicted octanol–water partition coefficient (Wildman–Crippen LogP) is 2.98. The Labute approximate surface area is 176 Å². The predicted molar refractivity (Wildman–Crippen MR) is 112 cm³/mol. The van der Waals surface area contributed by atoms with Crippen LogP contribution in [0.15, 0.2) is 35.5 Å². The first-order valence-corrected chi connectivity index (χ1v) is 10.2. The molecule has 1 aliphatic heterocycles. The van der Waals surface area contributed by atoms with Crippen LogP contribution in [0.1, 0.15) is 44.2 Å². The van der Waals surface area contributed by atoms with E-state index in [9.17, 15) is 14.4 Å². The topological polar surface area (TPSA) is 97.0 Å². The summed E-state index contributed by atoms with van der Waals surface area (Å²) in [5, 5.41) is 5.80. The molecule has 0 bridgehead atoms. The van der Waals surface area contributed by atoms with E-state index in [1.165, 1.54) is 12.0 Å². The molecule has 0 aromatic heterocycles. The number of hydrogen-bond donors (Lipinski definition) is 2. The molecule has 0 spiro atoms. The van der Waals surface area contributed by atoms with Gasteiger partial charge in [-0.05, 0) is 37.5 Å². The van der Waals surface area contributed by atoms with Crippen LogP contribution in [0.3, 0.4) is 0 Å². The number of nitrogens with zero attached hydrogens (tertiary/aromatic N) is 1. The van der Waals surface area contributed by atoms with Crippen LogP contribution in [0, 0.1) is 5.92 Å². The number of hydrogen-bond acceptors (Lipinski definition) is 5. The molecule has 0 unspecified atom stereocenters. The van der Waals surface area contributed by atoms with Crippen molar-refractivity contribution in [2.24, 2.45) is 5.92 Å². The zero-order valence-electron chi connectivity index (χ0n) is 17.7. The van der Waals surface area contributed by atoms with Crippen molar-refractivity contribution in [1.29, 1.82) is 0 Å². The highest BCUT2D eigenvalue weighted by Gasteiger charge is 2.35. The molecule has 162 valence electrons. The van der Waals surface area contributed by atoms with Gasteiger partial charge < -0.3 is 25.0 Å². The van der Waals surface area contributed by atoms with Crippen LogP contribution in [0.25, 0.3) is 0 Å². The molecule has 8 heteroatoms. The minimum absolute atomic E-state index is 0.0472. The first kappa shape index (κ1) is 21.8. The molecule has 0 radical (unpaired) electrons. The number of allylic oxidation sites excluding steroid dienone is 1. The van der Waals surface area contributed by atoms with E-state index in [0.29, 0.717) is 23.6 Å². The van der Waals surface area contributed by atoms with Crippen molar-refractivity contribution in [2.75, 3.05) is 32.7 Å². The molecule has 1 heterocycles. The highest BCUT2D eigenvalue weighted by Crippen LogP contribution is 2.31. The molecule has 1 aromatic rings. The van der Waals surface area contributed by atoms with E-state index in [1.807, 2.05) is 0 Å². The van der Waals surface area contributed by atoms with Crippen molar-refractivity contribution in [3.63, 3.8) is 0 Å². The van der Waals surface area contributed by atoms with Crippen LogP contribution in [0.2, 0.25) is 0 Å². The van der Waals surface area contributed by atoms with Gasteiger partial charge in [0.15, 0.2) is 0 Å². The Morgan fingerprint density at radius 3 is 2.47 bits per heavy atom. The van der Waals surface area contributed by atoms with Crippen LogP contribution >= 0.6 is 0 Å². The summed E-state index contributed by atoms with van der Waals surface area (Å²) in [5.41, 5.74) is 2.33. The molecule has 30 heavy (non-hydrogen) atoms. The maximum Gasteiger partial charge on any atom is 0.338 e. The monoisotopic (exact) mass is 415 g/mol. The molecule has 1 aromatic carbocycles. The maximum atomic E-state index is 12.7. The van der Waals surface area contributed by atoms with Gasteiger partial charge in [-0.3, -0.25) is 4.79 Å². The summed E-state index contributed by atoms with van der Waals surface area (Å²) in [6, 6.07) is 6.24. The second kappa shape index (κ2) is 9.75. The van der Waals surface area contributed by atoms with E-state index in [4.69, 9.17) is 9.47 Å². The molecule has 1 saturated carbocycles. The zero-order chi connectivity index (χ0) is 21.7. The lowest BCUT2D eigenvalue weighted by molar-refractivity contribution is -0.140. The summed E-state index contributed by atoms with van der Waals surface area (Å²) < 4.78 is 10.2. The van der Waals surface area contributed by atoms with E-state index in [-0.39, 0.29) is 24.5 Å². The lowest BCUT2D eigenvalue weighted by Crippen LogP contribution is -2.46. The molecule has 1 aliphatic carbocycles. The molecule has 1 fully saturated rings. The van der Waals surface area contributed by atoms with Gasteiger partial charge in [-0.1, -0.05) is 25.0 Å². The number of urea groups is 1. The molecule has 1 atom stereocenters. The lowest BCUT2D eigenvalue weighted by atomic mass is 9.95. The first-order chi connectivity index (χ1) is 14.4. The van der Waals surface area contributed by atoms with Crippen molar-refractivity contribution in [3.8, 4) is 0 Å². The number of amides is 3. The standard InChI is InChI=1S/C22H29N3O5/c1-14-18(21(27)30-13-12-29-3)19(24-22(28)25(14)2)15-8-10-17(11-9-15)23-20(26)16-6-4-5-7-16/h8-11,16,19H,4-7,12-13H2,1-3H3,(H,23,26)(H,24,28)/t19-/m1/s1. The van der Waals surface area contributed by atoms with Crippen molar-refractivity contribution in [1.82, 2.24) is 10.2 Å². The Bertz CT molecular complexity index is 828. The third-order valence-electron chi connectivity index (χ3n) is 5.73. The Balaban J connectivity index is 1.78. The van der Waals surface area contributed by atoms with Gasteiger partial charge in [-0.25, -0.2) is 9.59 Å². The van der Waals surface area contributed by atoms with E-state index in [0.717, 1.165) is 31.2 Å². The summed E-state index contributed by atoms with van der Waals surface area (Å²) in [6.07, 6.45) is 4.07. The molecule has 3 rings (SSSR count). The van der Waals surface area contributed by atoms with Gasteiger partial charge in [0.05, 0.1) is 18.2 Å². The number of benzene rings is 1. The molecule has 8 nitrogen and oxygen atoms in total. The van der Waals surface area contributed by atoms with Gasteiger partial charge in [0.1, 0.15) is 6.61 Å². The number of anilines is 1. The van der Waals surface area contributed by atoms with Crippen LogP contribution in [-0.4, -0.2) is 50.2 Å². The smallest absolute Gasteiger partial charge is 0.338 e. The summed E-state index contributed by atoms with van der Waals surface area (Å²) in [7, 11) is 3.13. The largest absolute Gasteiger partial charge is 0.460 e. The number of esters is 1. The number of ether oxygens (including phenoxy) is 2. The first-order valence-electron chi connectivity index (χ1n) is 10.2. The number of rotatable bonds is 7. The van der Waals surface area contributed by atoms with Gasteiger partial charge in [-0.15, -0.1) is 0 Å². The SMILES string of the molecule is COCCOC(=O)C1=C(C)N(C)C(=O)N[C@@H]1c1ccc(NC(=O)C2CCCC2)cc1. The minimum Gasteiger partial charge on any atom is -0.460 e. The Morgan fingerprint density at radius 1 is 1.17 bits per heavy atom. The number of carbonyl (C=O) groups excluding carboxylic acids is 3. The molecule has 2 N–H and O–H groups in total. The average Bonchev–Trinajstić information content (AvgIpc) is 3.27. The van der Waals surface area contributed by atoms with Crippen LogP contribution in [0.4, 0.5) is 10.5 Å². The molecule has 0 saturated heterocycles. The van der Waals surface area contributed by atoms with Crippen molar-refractivity contribution in [2.45, 2.75) is 38.6 Å². The second-order valence-corrected chi connectivity index (χ2v) is 7.66. The zero-order valence-corrected chi connectivity index (χ0v) is 17.7. The normalized spacial score (nSPS) is 19.6. The van der Waals surface area contributed by atoms with Crippen LogP contribution in [0.5, 0.6) is 0 Å². The molecular weight excluding hydrogens is 386 g/mol. The van der Waals surface area contributed by atoms with Crippen molar-refractivity contribution >= 4 is 23.6 Å². The quantitative estimate of drug-likeness (QED) is 0.527. The second-order valence-electron chi connectivity index (χ2n) is 7.66. The van der Waals surface area contributed by atoms with Crippen molar-refractivity contribution in [3.05, 3.63) is 41.1 Å². The summed E-state index contributed by atoms with van der Waals surface area (Å²) in [6.45, 7) is 2.14. The fourth-order valence-electron chi connectivity index (χ4n) is 3.84. The molecule has 2 aliphatic rings. The van der Waals surface area contributed by atoms with Gasteiger partial charge in [0, 0.05) is 31.5 Å². The highest BCUT2D eigenvalue weighted by molar-refractivity contribution is 5.95. The fourth-order valence-corrected chi connectivity index (χ4v) is 3.84. The van der Waals surface area contributed by atoms with Crippen LogP contribution < -0.4 is 10.6 Å². The Hall–Kier alpha value is -2.87. The van der Waals surface area contributed by atoms with Gasteiger partial charge in [-0.2, -0.15) is 0 Å². The van der Waals surface area contributed by atoms with E-state index in [1.54, 1.807) is 38.2 Å². The molecular formula is C22H29N3O5. The number of nitrogens with one attached hydrogen (secondary N) is 2. The van der Waals surface area contributed by atoms with Gasteiger partial charge >= 0.3 is 12.0 Å². The summed E-state index contributed by atoms with van der Waals surface area (Å²) in [5.74, 6) is -0.372. The maximum absolute atomic E-state index is 12.7. The van der Waals surface area contributed by atoms with Crippen LogP contribution in [-0.2, 0) is 19.1 Å². The summed E-state index contributed by atoms with van der Waals surface area (Å²) >= 11 is 0. The minimum atomic E-state index is -0.636. The van der Waals surface area contributed by atoms with Crippen molar-refractivity contribution < 1.29 is 23.9 Å². The highest BCUT2D eigenvalue weighted by atomic mass is 16.6. The van der Waals surface area contributed by atoms with E-state index < -0.39 is 12.0 Å². The number of methoxy groups -OCH3 is 1. The van der Waals surface area contributed by atoms with Gasteiger partial charge in [0.25, 0.3) is 0 Å². The molecule has 3 amide bonds. The number of carbonyl (C=O) groups is 3.